The first kappa shape index (κ1) is 14.9. The zero-order valence-corrected chi connectivity index (χ0v) is 12.1. The van der Waals surface area contributed by atoms with Crippen LogP contribution in [0.25, 0.3) is 0 Å². The van der Waals surface area contributed by atoms with Crippen molar-refractivity contribution in [2.75, 3.05) is 24.8 Å². The molecule has 0 saturated heterocycles. The fourth-order valence-electron chi connectivity index (χ4n) is 1.64. The second-order valence-corrected chi connectivity index (χ2v) is 4.75. The Morgan fingerprint density at radius 3 is 2.62 bits per heavy atom. The Bertz CT molecular complexity index is 664. The van der Waals surface area contributed by atoms with E-state index in [1.54, 1.807) is 43.4 Å². The van der Waals surface area contributed by atoms with E-state index in [1.165, 1.54) is 6.33 Å². The number of hydrazine groups is 1. The molecule has 1 aromatic carbocycles. The number of aromatic nitrogens is 2. The van der Waals surface area contributed by atoms with E-state index in [4.69, 9.17) is 11.6 Å². The Kier molecular flexibility index (Phi) is 4.51. The first-order valence-electron chi connectivity index (χ1n) is 5.93. The van der Waals surface area contributed by atoms with Gasteiger partial charge in [-0.1, -0.05) is 17.7 Å². The summed E-state index contributed by atoms with van der Waals surface area (Å²) in [6, 6.07) is 6.82. The number of nitro groups is 1. The topological polar surface area (TPSA) is 96.2 Å². The SMILES string of the molecule is CN(C)Nc1ncnc(Nc2cccc(Cl)c2)c1[N+](=O)[O-]. The van der Waals surface area contributed by atoms with Crippen molar-refractivity contribution in [3.05, 3.63) is 45.7 Å². The third-order valence-corrected chi connectivity index (χ3v) is 2.66. The molecular formula is C12H13ClN6O2. The highest BCUT2D eigenvalue weighted by Crippen LogP contribution is 2.31. The number of anilines is 3. The summed E-state index contributed by atoms with van der Waals surface area (Å²) in [5, 5.41) is 16.2. The van der Waals surface area contributed by atoms with Gasteiger partial charge in [-0.2, -0.15) is 0 Å². The fourth-order valence-corrected chi connectivity index (χ4v) is 1.83. The van der Waals surface area contributed by atoms with Gasteiger partial charge >= 0.3 is 5.69 Å². The van der Waals surface area contributed by atoms with E-state index in [1.807, 2.05) is 0 Å². The van der Waals surface area contributed by atoms with Crippen molar-refractivity contribution in [1.82, 2.24) is 15.0 Å². The lowest BCUT2D eigenvalue weighted by Crippen LogP contribution is -2.21. The number of nitrogens with zero attached hydrogens (tertiary/aromatic N) is 4. The molecule has 110 valence electrons. The van der Waals surface area contributed by atoms with E-state index in [0.717, 1.165) is 0 Å². The van der Waals surface area contributed by atoms with Crippen molar-refractivity contribution in [3.63, 3.8) is 0 Å². The smallest absolute Gasteiger partial charge is 0.334 e. The van der Waals surface area contributed by atoms with Gasteiger partial charge in [-0.25, -0.2) is 15.0 Å². The molecule has 0 saturated carbocycles. The minimum Gasteiger partial charge on any atom is -0.334 e. The lowest BCUT2D eigenvalue weighted by Gasteiger charge is -2.14. The van der Waals surface area contributed by atoms with Gasteiger partial charge in [-0.05, 0) is 18.2 Å². The number of benzene rings is 1. The fraction of sp³-hybridized carbons (Fsp3) is 0.167. The van der Waals surface area contributed by atoms with Crippen molar-refractivity contribution < 1.29 is 4.92 Å². The predicted octanol–water partition coefficient (Wildman–Crippen LogP) is 2.67. The molecule has 2 rings (SSSR count). The van der Waals surface area contributed by atoms with Gasteiger partial charge in [0.05, 0.1) is 4.92 Å². The highest BCUT2D eigenvalue weighted by atomic mass is 35.5. The first-order valence-corrected chi connectivity index (χ1v) is 6.31. The van der Waals surface area contributed by atoms with E-state index in [2.05, 4.69) is 20.7 Å². The number of hydrogen-bond acceptors (Lipinski definition) is 7. The number of halogens is 1. The van der Waals surface area contributed by atoms with Crippen molar-refractivity contribution in [1.29, 1.82) is 0 Å². The molecule has 8 nitrogen and oxygen atoms in total. The van der Waals surface area contributed by atoms with Crippen molar-refractivity contribution in [2.24, 2.45) is 0 Å². The summed E-state index contributed by atoms with van der Waals surface area (Å²) >= 11 is 5.89. The summed E-state index contributed by atoms with van der Waals surface area (Å²) in [5.74, 6) is 0.186. The normalized spacial score (nSPS) is 10.5. The summed E-state index contributed by atoms with van der Waals surface area (Å²) < 4.78 is 0. The number of nitrogens with one attached hydrogen (secondary N) is 2. The van der Waals surface area contributed by atoms with Crippen LogP contribution in [0.4, 0.5) is 23.0 Å². The van der Waals surface area contributed by atoms with Crippen LogP contribution in [-0.2, 0) is 0 Å². The third kappa shape index (κ3) is 3.77. The first-order chi connectivity index (χ1) is 9.97. The van der Waals surface area contributed by atoms with Crippen LogP contribution in [0, 0.1) is 10.1 Å². The van der Waals surface area contributed by atoms with Crippen LogP contribution in [0.1, 0.15) is 0 Å². The molecule has 2 aromatic rings. The molecule has 0 aliphatic carbocycles. The Labute approximate surface area is 125 Å². The van der Waals surface area contributed by atoms with Crippen molar-refractivity contribution in [2.45, 2.75) is 0 Å². The number of hydrogen-bond donors (Lipinski definition) is 2. The maximum absolute atomic E-state index is 11.3. The van der Waals surface area contributed by atoms with Crippen molar-refractivity contribution in [3.8, 4) is 0 Å². The van der Waals surface area contributed by atoms with Crippen LogP contribution in [0.3, 0.4) is 0 Å². The van der Waals surface area contributed by atoms with Gasteiger partial charge in [0.1, 0.15) is 6.33 Å². The quantitative estimate of drug-likeness (QED) is 0.647. The van der Waals surface area contributed by atoms with E-state index in [0.29, 0.717) is 10.7 Å². The van der Waals surface area contributed by atoms with Crippen LogP contribution in [0.5, 0.6) is 0 Å². The summed E-state index contributed by atoms with van der Waals surface area (Å²) in [6.07, 6.45) is 1.24. The van der Waals surface area contributed by atoms with Gasteiger partial charge in [0, 0.05) is 24.8 Å². The molecule has 0 bridgehead atoms. The van der Waals surface area contributed by atoms with Gasteiger partial charge < -0.3 is 5.32 Å². The molecule has 9 heteroatoms. The lowest BCUT2D eigenvalue weighted by molar-refractivity contribution is -0.383. The molecule has 2 N–H and O–H groups in total. The Morgan fingerprint density at radius 1 is 1.29 bits per heavy atom. The van der Waals surface area contributed by atoms with Crippen LogP contribution >= 0.6 is 11.6 Å². The molecule has 0 aliphatic heterocycles. The second-order valence-electron chi connectivity index (χ2n) is 4.32. The Balaban J connectivity index is 2.41. The summed E-state index contributed by atoms with van der Waals surface area (Å²) in [6.45, 7) is 0. The summed E-state index contributed by atoms with van der Waals surface area (Å²) in [7, 11) is 3.41. The highest BCUT2D eigenvalue weighted by molar-refractivity contribution is 6.30. The average molecular weight is 309 g/mol. The second kappa shape index (κ2) is 6.33. The maximum Gasteiger partial charge on any atom is 0.354 e. The highest BCUT2D eigenvalue weighted by Gasteiger charge is 2.23. The van der Waals surface area contributed by atoms with Crippen LogP contribution in [0.2, 0.25) is 5.02 Å². The zero-order chi connectivity index (χ0) is 15.4. The van der Waals surface area contributed by atoms with Crippen molar-refractivity contribution >= 4 is 34.6 Å². The number of rotatable bonds is 5. The van der Waals surface area contributed by atoms with Gasteiger partial charge in [-0.3, -0.25) is 15.5 Å². The molecule has 1 heterocycles. The minimum atomic E-state index is -0.543. The monoisotopic (exact) mass is 308 g/mol. The molecule has 0 radical (unpaired) electrons. The predicted molar refractivity (Wildman–Crippen MR) is 80.7 cm³/mol. The molecule has 21 heavy (non-hydrogen) atoms. The summed E-state index contributed by atoms with van der Waals surface area (Å²) in [5.41, 5.74) is 3.12. The van der Waals surface area contributed by atoms with Gasteiger partial charge in [0.25, 0.3) is 0 Å². The zero-order valence-electron chi connectivity index (χ0n) is 11.4. The molecule has 0 aliphatic rings. The molecule has 0 atom stereocenters. The van der Waals surface area contributed by atoms with Crippen LogP contribution < -0.4 is 10.7 Å². The van der Waals surface area contributed by atoms with E-state index >= 15 is 0 Å². The maximum atomic E-state index is 11.3. The molecule has 1 aromatic heterocycles. The third-order valence-electron chi connectivity index (χ3n) is 2.42. The molecular weight excluding hydrogens is 296 g/mol. The standard InChI is InChI=1S/C12H13ClN6O2/c1-18(2)17-12-10(19(20)21)11(14-7-15-12)16-9-5-3-4-8(13)6-9/h3-7H,1-2H3,(H2,14,15,16,17). The van der Waals surface area contributed by atoms with Gasteiger partial charge in [0.15, 0.2) is 0 Å². The molecule has 0 spiro atoms. The lowest BCUT2D eigenvalue weighted by atomic mass is 10.3. The Hall–Kier alpha value is -2.45. The summed E-state index contributed by atoms with van der Waals surface area (Å²) in [4.78, 5) is 18.6. The average Bonchev–Trinajstić information content (AvgIpc) is 2.37. The van der Waals surface area contributed by atoms with Crippen LogP contribution in [0.15, 0.2) is 30.6 Å². The minimum absolute atomic E-state index is 0.0848. The molecule has 0 fully saturated rings. The van der Waals surface area contributed by atoms with Gasteiger partial charge in [0.2, 0.25) is 11.6 Å². The van der Waals surface area contributed by atoms with E-state index in [-0.39, 0.29) is 17.3 Å². The molecule has 0 amide bonds. The largest absolute Gasteiger partial charge is 0.354 e. The molecule has 0 unspecified atom stereocenters. The Morgan fingerprint density at radius 2 is 2.00 bits per heavy atom. The van der Waals surface area contributed by atoms with E-state index in [9.17, 15) is 10.1 Å². The van der Waals surface area contributed by atoms with Crippen LogP contribution in [-0.4, -0.2) is 34.0 Å². The van der Waals surface area contributed by atoms with E-state index < -0.39 is 4.92 Å². The van der Waals surface area contributed by atoms with Gasteiger partial charge in [-0.15, -0.1) is 0 Å².